The first-order chi connectivity index (χ1) is 13.1. The molecule has 0 radical (unpaired) electrons. The summed E-state index contributed by atoms with van der Waals surface area (Å²) in [5.41, 5.74) is 7.16. The molecule has 2 N–H and O–H groups in total. The van der Waals surface area contributed by atoms with E-state index in [1.165, 1.54) is 0 Å². The lowest BCUT2D eigenvalue weighted by Crippen LogP contribution is -2.44. The van der Waals surface area contributed by atoms with Gasteiger partial charge in [-0.25, -0.2) is 0 Å². The van der Waals surface area contributed by atoms with Crippen LogP contribution >= 0.6 is 22.6 Å². The Kier molecular flexibility index (Phi) is 6.43. The molecule has 0 atom stereocenters. The number of carbonyl (C=O) groups is 2. The summed E-state index contributed by atoms with van der Waals surface area (Å²) in [6, 6.07) is 24.4. The van der Waals surface area contributed by atoms with Crippen LogP contribution in [0, 0.1) is 3.57 Å². The number of ether oxygens (including phenoxy) is 1. The minimum absolute atomic E-state index is 0.212. The van der Waals surface area contributed by atoms with Crippen molar-refractivity contribution >= 4 is 34.4 Å². The maximum atomic E-state index is 12.1. The van der Waals surface area contributed by atoms with E-state index < -0.39 is 5.91 Å². The van der Waals surface area contributed by atoms with Gasteiger partial charge in [0.25, 0.3) is 11.8 Å². The van der Waals surface area contributed by atoms with Gasteiger partial charge in [0.1, 0.15) is 5.75 Å². The lowest BCUT2D eigenvalue weighted by Gasteiger charge is -2.12. The Morgan fingerprint density at radius 3 is 2.26 bits per heavy atom. The molecule has 0 aromatic heterocycles. The van der Waals surface area contributed by atoms with E-state index in [1.807, 2.05) is 60.7 Å². The molecule has 2 amide bonds. The quantitative estimate of drug-likeness (QED) is 0.439. The van der Waals surface area contributed by atoms with Crippen molar-refractivity contribution in [3.8, 4) is 16.9 Å². The zero-order valence-corrected chi connectivity index (χ0v) is 16.5. The van der Waals surface area contributed by atoms with Crippen LogP contribution in [0.4, 0.5) is 0 Å². The van der Waals surface area contributed by atoms with Gasteiger partial charge < -0.3 is 4.74 Å². The summed E-state index contributed by atoms with van der Waals surface area (Å²) in [6.07, 6.45) is 0. The molecule has 0 fully saturated rings. The van der Waals surface area contributed by atoms with Gasteiger partial charge in [-0.3, -0.25) is 20.4 Å². The molecule has 0 unspecified atom stereocenters. The normalized spacial score (nSPS) is 10.1. The molecule has 3 aromatic rings. The zero-order valence-electron chi connectivity index (χ0n) is 14.3. The van der Waals surface area contributed by atoms with E-state index in [1.54, 1.807) is 18.2 Å². The average Bonchev–Trinajstić information content (AvgIpc) is 2.71. The van der Waals surface area contributed by atoms with Gasteiger partial charge in [0, 0.05) is 9.13 Å². The minimum Gasteiger partial charge on any atom is -0.483 e. The molecule has 3 rings (SSSR count). The van der Waals surface area contributed by atoms with Gasteiger partial charge in [-0.2, -0.15) is 0 Å². The van der Waals surface area contributed by atoms with Gasteiger partial charge in [-0.05, 0) is 46.4 Å². The van der Waals surface area contributed by atoms with E-state index in [4.69, 9.17) is 4.74 Å². The SMILES string of the molecule is O=C(COc1ccccc1-c1ccccc1)NNC(=O)c1ccccc1I. The number of benzene rings is 3. The second kappa shape index (κ2) is 9.18. The zero-order chi connectivity index (χ0) is 19.1. The van der Waals surface area contributed by atoms with Crippen molar-refractivity contribution in [1.29, 1.82) is 0 Å². The predicted molar refractivity (Wildman–Crippen MR) is 112 cm³/mol. The molecule has 0 aliphatic heterocycles. The molecule has 3 aromatic carbocycles. The molecule has 5 nitrogen and oxygen atoms in total. The van der Waals surface area contributed by atoms with Gasteiger partial charge >= 0.3 is 0 Å². The second-order valence-electron chi connectivity index (χ2n) is 5.63. The third-order valence-corrected chi connectivity index (χ3v) is 4.71. The minimum atomic E-state index is -0.447. The third-order valence-electron chi connectivity index (χ3n) is 3.76. The number of carbonyl (C=O) groups excluding carboxylic acids is 2. The molecule has 0 bridgehead atoms. The Balaban J connectivity index is 1.57. The number of rotatable bonds is 5. The van der Waals surface area contributed by atoms with Crippen LogP contribution in [0.15, 0.2) is 78.9 Å². The number of nitrogens with one attached hydrogen (secondary N) is 2. The molecule has 0 aliphatic carbocycles. The van der Waals surface area contributed by atoms with Crippen LogP contribution in [0.1, 0.15) is 10.4 Å². The van der Waals surface area contributed by atoms with Crippen LogP contribution in [0.25, 0.3) is 11.1 Å². The van der Waals surface area contributed by atoms with E-state index in [-0.39, 0.29) is 12.5 Å². The largest absolute Gasteiger partial charge is 0.483 e. The Bertz CT molecular complexity index is 945. The van der Waals surface area contributed by atoms with Gasteiger partial charge in [0.05, 0.1) is 5.56 Å². The van der Waals surface area contributed by atoms with Crippen molar-refractivity contribution in [2.45, 2.75) is 0 Å². The van der Waals surface area contributed by atoms with E-state index in [9.17, 15) is 9.59 Å². The fourth-order valence-electron chi connectivity index (χ4n) is 2.47. The number of amides is 2. The van der Waals surface area contributed by atoms with Crippen molar-refractivity contribution in [2.75, 3.05) is 6.61 Å². The highest BCUT2D eigenvalue weighted by Crippen LogP contribution is 2.29. The summed E-state index contributed by atoms with van der Waals surface area (Å²) in [6.45, 7) is -0.212. The van der Waals surface area contributed by atoms with Crippen LogP contribution < -0.4 is 15.6 Å². The summed E-state index contributed by atoms with van der Waals surface area (Å²) in [4.78, 5) is 24.1. The van der Waals surface area contributed by atoms with Crippen molar-refractivity contribution in [3.63, 3.8) is 0 Å². The fraction of sp³-hybridized carbons (Fsp3) is 0.0476. The highest BCUT2D eigenvalue weighted by atomic mass is 127. The molecule has 0 aliphatic rings. The Morgan fingerprint density at radius 2 is 1.48 bits per heavy atom. The number of halogens is 1. The maximum absolute atomic E-state index is 12.1. The molecule has 0 spiro atoms. The number of hydrogen-bond acceptors (Lipinski definition) is 3. The molecule has 136 valence electrons. The predicted octanol–water partition coefficient (Wildman–Crippen LogP) is 3.80. The van der Waals surface area contributed by atoms with Crippen LogP contribution in [-0.4, -0.2) is 18.4 Å². The lowest BCUT2D eigenvalue weighted by atomic mass is 10.1. The molecule has 0 heterocycles. The fourth-order valence-corrected chi connectivity index (χ4v) is 3.10. The molecule has 27 heavy (non-hydrogen) atoms. The van der Waals surface area contributed by atoms with E-state index in [0.29, 0.717) is 11.3 Å². The smallest absolute Gasteiger partial charge is 0.276 e. The standard InChI is InChI=1S/C21H17IN2O3/c22-18-12-6-4-11-17(18)21(26)24-23-20(25)14-27-19-13-7-5-10-16(19)15-8-2-1-3-9-15/h1-13H,14H2,(H,23,25)(H,24,26). The average molecular weight is 472 g/mol. The monoisotopic (exact) mass is 472 g/mol. The van der Waals surface area contributed by atoms with Crippen molar-refractivity contribution < 1.29 is 14.3 Å². The number of para-hydroxylation sites is 1. The van der Waals surface area contributed by atoms with Crippen molar-refractivity contribution in [3.05, 3.63) is 88.0 Å². The van der Waals surface area contributed by atoms with Gasteiger partial charge in [0.15, 0.2) is 6.61 Å². The van der Waals surface area contributed by atoms with E-state index in [2.05, 4.69) is 33.4 Å². The molecule has 0 saturated carbocycles. The Labute approximate surface area is 170 Å². The van der Waals surface area contributed by atoms with E-state index in [0.717, 1.165) is 14.7 Å². The summed E-state index contributed by atoms with van der Waals surface area (Å²) >= 11 is 2.07. The summed E-state index contributed by atoms with van der Waals surface area (Å²) < 4.78 is 6.45. The van der Waals surface area contributed by atoms with Crippen LogP contribution in [0.3, 0.4) is 0 Å². The van der Waals surface area contributed by atoms with E-state index >= 15 is 0 Å². The molecule has 6 heteroatoms. The van der Waals surface area contributed by atoms with Gasteiger partial charge in [-0.1, -0.05) is 60.7 Å². The van der Waals surface area contributed by atoms with Crippen LogP contribution in [0.2, 0.25) is 0 Å². The first-order valence-electron chi connectivity index (χ1n) is 8.26. The number of hydrazine groups is 1. The van der Waals surface area contributed by atoms with Gasteiger partial charge in [-0.15, -0.1) is 0 Å². The first-order valence-corrected chi connectivity index (χ1v) is 9.34. The highest BCUT2D eigenvalue weighted by molar-refractivity contribution is 14.1. The van der Waals surface area contributed by atoms with Gasteiger partial charge in [0.2, 0.25) is 0 Å². The van der Waals surface area contributed by atoms with Crippen LogP contribution in [0.5, 0.6) is 5.75 Å². The molecular weight excluding hydrogens is 455 g/mol. The summed E-state index contributed by atoms with van der Waals surface area (Å²) in [7, 11) is 0. The second-order valence-corrected chi connectivity index (χ2v) is 6.80. The first kappa shape index (κ1) is 18.9. The Morgan fingerprint density at radius 1 is 0.815 bits per heavy atom. The lowest BCUT2D eigenvalue weighted by molar-refractivity contribution is -0.123. The Hall–Kier alpha value is -2.87. The van der Waals surface area contributed by atoms with Crippen LogP contribution in [-0.2, 0) is 4.79 Å². The number of hydrogen-bond donors (Lipinski definition) is 2. The molecule has 0 saturated heterocycles. The maximum Gasteiger partial charge on any atom is 0.276 e. The molecular formula is C21H17IN2O3. The van der Waals surface area contributed by atoms with Crippen molar-refractivity contribution in [1.82, 2.24) is 10.9 Å². The highest BCUT2D eigenvalue weighted by Gasteiger charge is 2.11. The van der Waals surface area contributed by atoms with Crippen molar-refractivity contribution in [2.24, 2.45) is 0 Å². The topological polar surface area (TPSA) is 67.4 Å². The summed E-state index contributed by atoms with van der Waals surface area (Å²) in [5, 5.41) is 0. The third kappa shape index (κ3) is 5.07. The summed E-state index contributed by atoms with van der Waals surface area (Å²) in [5.74, 6) is -0.224.